The number of thiocarbonyl (C=S) groups is 1. The van der Waals surface area contributed by atoms with E-state index in [9.17, 15) is 9.59 Å². The number of methoxy groups -OCH3 is 1. The summed E-state index contributed by atoms with van der Waals surface area (Å²) in [4.78, 5) is 23.6. The van der Waals surface area contributed by atoms with Crippen molar-refractivity contribution in [2.75, 3.05) is 19.0 Å². The molecule has 6 nitrogen and oxygen atoms in total. The summed E-state index contributed by atoms with van der Waals surface area (Å²) in [6.07, 6.45) is 1.65. The van der Waals surface area contributed by atoms with Gasteiger partial charge in [-0.3, -0.25) is 10.1 Å². The van der Waals surface area contributed by atoms with Crippen molar-refractivity contribution >= 4 is 34.9 Å². The molecule has 0 atom stereocenters. The Morgan fingerprint density at radius 3 is 2.50 bits per heavy atom. The van der Waals surface area contributed by atoms with Gasteiger partial charge in [0.15, 0.2) is 5.11 Å². The number of anilines is 1. The Morgan fingerprint density at radius 1 is 1.15 bits per heavy atom. The Morgan fingerprint density at radius 2 is 1.85 bits per heavy atom. The molecule has 0 aromatic heterocycles. The lowest BCUT2D eigenvalue weighted by Gasteiger charge is -2.11. The van der Waals surface area contributed by atoms with E-state index in [0.29, 0.717) is 29.2 Å². The fourth-order valence-electron chi connectivity index (χ4n) is 2.03. The number of amides is 1. The molecule has 2 aromatic carbocycles. The van der Waals surface area contributed by atoms with E-state index >= 15 is 0 Å². The predicted molar refractivity (Wildman–Crippen MR) is 104 cm³/mol. The predicted octanol–water partition coefficient (Wildman–Crippen LogP) is 3.16. The second-order valence-corrected chi connectivity index (χ2v) is 5.51. The fourth-order valence-corrected chi connectivity index (χ4v) is 2.24. The van der Waals surface area contributed by atoms with Gasteiger partial charge in [0.1, 0.15) is 12.4 Å². The molecule has 0 fully saturated rings. The van der Waals surface area contributed by atoms with Gasteiger partial charge in [-0.2, -0.15) is 0 Å². The van der Waals surface area contributed by atoms with E-state index in [1.165, 1.54) is 31.4 Å². The topological polar surface area (TPSA) is 76.7 Å². The van der Waals surface area contributed by atoms with Gasteiger partial charge in [-0.05, 0) is 48.6 Å². The summed E-state index contributed by atoms with van der Waals surface area (Å²) in [7, 11) is 1.30. The highest BCUT2D eigenvalue weighted by Crippen LogP contribution is 2.17. The van der Waals surface area contributed by atoms with Crippen molar-refractivity contribution < 1.29 is 19.1 Å². The molecule has 0 aliphatic heterocycles. The number of esters is 1. The van der Waals surface area contributed by atoms with E-state index in [0.717, 1.165) is 0 Å². The number of carbonyl (C=O) groups is 2. The maximum Gasteiger partial charge on any atom is 0.337 e. The molecule has 2 aromatic rings. The van der Waals surface area contributed by atoms with E-state index in [1.54, 1.807) is 30.3 Å². The van der Waals surface area contributed by atoms with Crippen molar-refractivity contribution in [3.8, 4) is 5.75 Å². The van der Waals surface area contributed by atoms with E-state index in [-0.39, 0.29) is 5.11 Å². The van der Waals surface area contributed by atoms with Crippen LogP contribution in [-0.2, 0) is 4.74 Å². The molecule has 7 heteroatoms. The van der Waals surface area contributed by atoms with Gasteiger partial charge in [0, 0.05) is 17.3 Å². The molecule has 0 radical (unpaired) electrons. The molecule has 0 heterocycles. The number of benzene rings is 2. The zero-order chi connectivity index (χ0) is 18.9. The molecule has 0 aliphatic carbocycles. The highest BCUT2D eigenvalue weighted by molar-refractivity contribution is 7.80. The van der Waals surface area contributed by atoms with Crippen molar-refractivity contribution in [3.05, 3.63) is 72.3 Å². The van der Waals surface area contributed by atoms with Crippen LogP contribution in [0.15, 0.2) is 61.2 Å². The SMILES string of the molecule is C=CCOc1cccc(NC(=S)NC(=O)c2ccc(C(=O)OC)cc2)c1. The van der Waals surface area contributed by atoms with Crippen molar-refractivity contribution in [1.29, 1.82) is 0 Å². The minimum atomic E-state index is -0.465. The van der Waals surface area contributed by atoms with Gasteiger partial charge in [0.25, 0.3) is 5.91 Å². The number of carbonyl (C=O) groups excluding carboxylic acids is 2. The Kier molecular flexibility index (Phi) is 6.87. The maximum atomic E-state index is 12.2. The van der Waals surface area contributed by atoms with Crippen LogP contribution in [0.4, 0.5) is 5.69 Å². The van der Waals surface area contributed by atoms with Crippen LogP contribution in [0, 0.1) is 0 Å². The summed E-state index contributed by atoms with van der Waals surface area (Å²) >= 11 is 5.15. The third kappa shape index (κ3) is 5.42. The van der Waals surface area contributed by atoms with Crippen LogP contribution in [0.2, 0.25) is 0 Å². The highest BCUT2D eigenvalue weighted by Gasteiger charge is 2.10. The largest absolute Gasteiger partial charge is 0.489 e. The van der Waals surface area contributed by atoms with Crippen molar-refractivity contribution in [3.63, 3.8) is 0 Å². The van der Waals surface area contributed by atoms with E-state index in [4.69, 9.17) is 17.0 Å². The first kappa shape index (κ1) is 19.1. The van der Waals surface area contributed by atoms with Crippen LogP contribution in [0.3, 0.4) is 0 Å². The Bertz CT molecular complexity index is 819. The third-order valence-corrected chi connectivity index (χ3v) is 3.46. The average molecular weight is 370 g/mol. The first-order valence-electron chi connectivity index (χ1n) is 7.68. The number of hydrogen-bond donors (Lipinski definition) is 2. The summed E-state index contributed by atoms with van der Waals surface area (Å²) in [5.41, 5.74) is 1.41. The summed E-state index contributed by atoms with van der Waals surface area (Å²) in [6.45, 7) is 3.99. The number of ether oxygens (including phenoxy) is 2. The van der Waals surface area contributed by atoms with Crippen LogP contribution < -0.4 is 15.4 Å². The molecule has 1 amide bonds. The molecule has 0 bridgehead atoms. The molecule has 0 saturated carbocycles. The molecular weight excluding hydrogens is 352 g/mol. The molecular formula is C19H18N2O4S. The van der Waals surface area contributed by atoms with E-state index in [1.807, 2.05) is 0 Å². The van der Waals surface area contributed by atoms with Gasteiger partial charge < -0.3 is 14.8 Å². The molecule has 2 rings (SSSR count). The van der Waals surface area contributed by atoms with Crippen molar-refractivity contribution in [2.45, 2.75) is 0 Å². The second-order valence-electron chi connectivity index (χ2n) is 5.10. The monoisotopic (exact) mass is 370 g/mol. The van der Waals surface area contributed by atoms with Crippen molar-refractivity contribution in [1.82, 2.24) is 5.32 Å². The number of hydrogen-bond acceptors (Lipinski definition) is 5. The van der Waals surface area contributed by atoms with Crippen LogP contribution in [0.1, 0.15) is 20.7 Å². The first-order valence-corrected chi connectivity index (χ1v) is 8.09. The first-order chi connectivity index (χ1) is 12.5. The smallest absolute Gasteiger partial charge is 0.337 e. The minimum absolute atomic E-state index is 0.146. The van der Waals surface area contributed by atoms with Gasteiger partial charge in [-0.1, -0.05) is 18.7 Å². The number of nitrogens with one attached hydrogen (secondary N) is 2. The summed E-state index contributed by atoms with van der Waals surface area (Å²) < 4.78 is 10.1. The van der Waals surface area contributed by atoms with Crippen LogP contribution >= 0.6 is 12.2 Å². The van der Waals surface area contributed by atoms with Crippen LogP contribution in [0.5, 0.6) is 5.75 Å². The van der Waals surface area contributed by atoms with Gasteiger partial charge in [0.05, 0.1) is 12.7 Å². The second kappa shape index (κ2) is 9.33. The lowest BCUT2D eigenvalue weighted by molar-refractivity contribution is 0.0600. The molecule has 0 spiro atoms. The van der Waals surface area contributed by atoms with Gasteiger partial charge in [-0.25, -0.2) is 4.79 Å². The Hall–Kier alpha value is -3.19. The van der Waals surface area contributed by atoms with Gasteiger partial charge in [0.2, 0.25) is 0 Å². The lowest BCUT2D eigenvalue weighted by Crippen LogP contribution is -2.34. The highest BCUT2D eigenvalue weighted by atomic mass is 32.1. The van der Waals surface area contributed by atoms with E-state index in [2.05, 4.69) is 21.9 Å². The number of rotatable bonds is 6. The van der Waals surface area contributed by atoms with Gasteiger partial charge >= 0.3 is 5.97 Å². The third-order valence-electron chi connectivity index (χ3n) is 3.26. The molecule has 2 N–H and O–H groups in total. The zero-order valence-corrected chi connectivity index (χ0v) is 15.0. The van der Waals surface area contributed by atoms with E-state index < -0.39 is 11.9 Å². The summed E-state index contributed by atoms with van der Waals surface area (Å²) in [6, 6.07) is 13.2. The minimum Gasteiger partial charge on any atom is -0.489 e. The summed E-state index contributed by atoms with van der Waals surface area (Å²) in [5.74, 6) is -0.201. The molecule has 0 aliphatic rings. The van der Waals surface area contributed by atoms with Gasteiger partial charge in [-0.15, -0.1) is 0 Å². The van der Waals surface area contributed by atoms with Crippen molar-refractivity contribution in [2.24, 2.45) is 0 Å². The standard InChI is InChI=1S/C19H18N2O4S/c1-3-11-25-16-6-4-5-15(12-16)20-19(26)21-17(22)13-7-9-14(10-8-13)18(23)24-2/h3-10,12H,1,11H2,2H3,(H2,20,21,22,26). The quantitative estimate of drug-likeness (QED) is 0.462. The normalized spacial score (nSPS) is 9.73. The zero-order valence-electron chi connectivity index (χ0n) is 14.2. The molecule has 0 saturated heterocycles. The fraction of sp³-hybridized carbons (Fsp3) is 0.105. The molecule has 134 valence electrons. The summed E-state index contributed by atoms with van der Waals surface area (Å²) in [5, 5.41) is 5.64. The lowest BCUT2D eigenvalue weighted by atomic mass is 10.1. The van der Waals surface area contributed by atoms with Crippen LogP contribution in [0.25, 0.3) is 0 Å². The Balaban J connectivity index is 1.95. The molecule has 0 unspecified atom stereocenters. The maximum absolute atomic E-state index is 12.2. The Labute approximate surface area is 156 Å². The molecule has 26 heavy (non-hydrogen) atoms. The van der Waals surface area contributed by atoms with Crippen LogP contribution in [-0.4, -0.2) is 30.7 Å². The average Bonchev–Trinajstić information content (AvgIpc) is 2.66.